The number of hydrogen-bond donors (Lipinski definition) is 2. The summed E-state index contributed by atoms with van der Waals surface area (Å²) in [4.78, 5) is 10.8. The van der Waals surface area contributed by atoms with Crippen LogP contribution in [0.1, 0.15) is 37.0 Å². The smallest absolute Gasteiger partial charge is 0.335 e. The van der Waals surface area contributed by atoms with Gasteiger partial charge in [0.05, 0.1) is 5.56 Å². The first-order chi connectivity index (χ1) is 9.06. The summed E-state index contributed by atoms with van der Waals surface area (Å²) in [5.74, 6) is 0.503. The summed E-state index contributed by atoms with van der Waals surface area (Å²) in [6, 6.07) is 7.27. The number of carboxylic acids is 1. The minimum absolute atomic E-state index is 0.324. The van der Waals surface area contributed by atoms with E-state index >= 15 is 0 Å². The Morgan fingerprint density at radius 2 is 1.89 bits per heavy atom. The van der Waals surface area contributed by atoms with E-state index in [9.17, 15) is 4.79 Å². The normalized spacial score (nSPS) is 22.5. The second kappa shape index (κ2) is 5.91. The minimum atomic E-state index is -0.885. The summed E-state index contributed by atoms with van der Waals surface area (Å²) in [6.07, 6.45) is 6.87. The highest BCUT2D eigenvalue weighted by atomic mass is 16.4. The molecule has 2 N–H and O–H groups in total. The Morgan fingerprint density at radius 3 is 2.37 bits per heavy atom. The summed E-state index contributed by atoms with van der Waals surface area (Å²) in [6.45, 7) is 4.51. The number of benzene rings is 1. The number of hydrogen-bond acceptors (Lipinski definition) is 2. The molecule has 2 rings (SSSR count). The SMILES string of the molecule is CC(C)C1C=CC(Nc2ccc(C(=O)O)cc2)CC1. The van der Waals surface area contributed by atoms with E-state index in [1.54, 1.807) is 12.1 Å². The summed E-state index contributed by atoms with van der Waals surface area (Å²) in [5, 5.41) is 12.3. The predicted octanol–water partition coefficient (Wildman–Crippen LogP) is 3.79. The van der Waals surface area contributed by atoms with Gasteiger partial charge in [0.1, 0.15) is 0 Å². The molecule has 0 radical (unpaired) electrons. The van der Waals surface area contributed by atoms with Crippen molar-refractivity contribution >= 4 is 11.7 Å². The molecule has 0 amide bonds. The van der Waals surface area contributed by atoms with Crippen molar-refractivity contribution in [3.8, 4) is 0 Å². The number of rotatable bonds is 4. The van der Waals surface area contributed by atoms with Crippen LogP contribution in [0.5, 0.6) is 0 Å². The van der Waals surface area contributed by atoms with Crippen LogP contribution in [-0.2, 0) is 0 Å². The van der Waals surface area contributed by atoms with Crippen LogP contribution < -0.4 is 5.32 Å². The quantitative estimate of drug-likeness (QED) is 0.809. The molecule has 0 fully saturated rings. The Balaban J connectivity index is 1.95. The number of aromatic carboxylic acids is 1. The zero-order valence-electron chi connectivity index (χ0n) is 11.5. The third kappa shape index (κ3) is 3.60. The van der Waals surface area contributed by atoms with Gasteiger partial charge in [0.25, 0.3) is 0 Å². The minimum Gasteiger partial charge on any atom is -0.478 e. The third-order valence-electron chi connectivity index (χ3n) is 3.74. The van der Waals surface area contributed by atoms with E-state index < -0.39 is 5.97 Å². The molecule has 0 bridgehead atoms. The molecule has 1 aliphatic carbocycles. The maximum absolute atomic E-state index is 10.8. The van der Waals surface area contributed by atoms with Gasteiger partial charge >= 0.3 is 5.97 Å². The second-order valence-corrected chi connectivity index (χ2v) is 5.50. The van der Waals surface area contributed by atoms with Crippen LogP contribution in [0.25, 0.3) is 0 Å². The summed E-state index contributed by atoms with van der Waals surface area (Å²) < 4.78 is 0. The van der Waals surface area contributed by atoms with Crippen LogP contribution >= 0.6 is 0 Å². The van der Waals surface area contributed by atoms with Crippen molar-refractivity contribution in [3.63, 3.8) is 0 Å². The molecule has 1 aromatic rings. The van der Waals surface area contributed by atoms with E-state index in [-0.39, 0.29) is 0 Å². The molecule has 1 aromatic carbocycles. The van der Waals surface area contributed by atoms with Crippen molar-refractivity contribution < 1.29 is 9.90 Å². The molecule has 0 aromatic heterocycles. The Labute approximate surface area is 114 Å². The summed E-state index contributed by atoms with van der Waals surface area (Å²) >= 11 is 0. The molecule has 0 saturated heterocycles. The molecule has 3 nitrogen and oxygen atoms in total. The van der Waals surface area contributed by atoms with Gasteiger partial charge in [-0.05, 0) is 48.9 Å². The van der Waals surface area contributed by atoms with Crippen molar-refractivity contribution in [2.24, 2.45) is 11.8 Å². The van der Waals surface area contributed by atoms with Crippen LogP contribution in [0.3, 0.4) is 0 Å². The van der Waals surface area contributed by atoms with Crippen LogP contribution in [0.4, 0.5) is 5.69 Å². The molecule has 0 heterocycles. The Morgan fingerprint density at radius 1 is 1.21 bits per heavy atom. The van der Waals surface area contributed by atoms with Crippen LogP contribution in [-0.4, -0.2) is 17.1 Å². The summed E-state index contributed by atoms with van der Waals surface area (Å²) in [7, 11) is 0. The first kappa shape index (κ1) is 13.7. The molecule has 2 atom stereocenters. The molecule has 3 heteroatoms. The zero-order chi connectivity index (χ0) is 13.8. The standard InChI is InChI=1S/C16H21NO2/c1-11(2)12-3-7-14(8-4-12)17-15-9-5-13(6-10-15)16(18)19/h3,5-7,9-12,14,17H,4,8H2,1-2H3,(H,18,19). The lowest BCUT2D eigenvalue weighted by atomic mass is 9.85. The Bertz CT molecular complexity index is 462. The first-order valence-electron chi connectivity index (χ1n) is 6.84. The largest absolute Gasteiger partial charge is 0.478 e. The predicted molar refractivity (Wildman–Crippen MR) is 77.5 cm³/mol. The number of nitrogens with one attached hydrogen (secondary N) is 1. The molecule has 0 aliphatic heterocycles. The molecule has 0 spiro atoms. The fourth-order valence-corrected chi connectivity index (χ4v) is 2.44. The molecule has 2 unspecified atom stereocenters. The third-order valence-corrected chi connectivity index (χ3v) is 3.74. The highest BCUT2D eigenvalue weighted by molar-refractivity contribution is 5.88. The van der Waals surface area contributed by atoms with Crippen LogP contribution in [0, 0.1) is 11.8 Å². The van der Waals surface area contributed by atoms with E-state index in [0.717, 1.165) is 12.1 Å². The summed E-state index contributed by atoms with van der Waals surface area (Å²) in [5.41, 5.74) is 1.30. The molecule has 1 aliphatic rings. The van der Waals surface area contributed by atoms with Gasteiger partial charge in [-0.1, -0.05) is 26.0 Å². The van der Waals surface area contributed by atoms with E-state index in [1.165, 1.54) is 6.42 Å². The monoisotopic (exact) mass is 259 g/mol. The highest BCUT2D eigenvalue weighted by Crippen LogP contribution is 2.26. The lowest BCUT2D eigenvalue weighted by molar-refractivity contribution is 0.0697. The molecule has 0 saturated carbocycles. The van der Waals surface area contributed by atoms with Gasteiger partial charge in [-0.25, -0.2) is 4.79 Å². The van der Waals surface area contributed by atoms with Gasteiger partial charge in [0, 0.05) is 11.7 Å². The van der Waals surface area contributed by atoms with Crippen molar-refractivity contribution in [3.05, 3.63) is 42.0 Å². The van der Waals surface area contributed by atoms with Crippen LogP contribution in [0.15, 0.2) is 36.4 Å². The average molecular weight is 259 g/mol. The highest BCUT2D eigenvalue weighted by Gasteiger charge is 2.17. The van der Waals surface area contributed by atoms with E-state index in [4.69, 9.17) is 5.11 Å². The van der Waals surface area contributed by atoms with E-state index in [1.807, 2.05) is 12.1 Å². The fraction of sp³-hybridized carbons (Fsp3) is 0.438. The molecule has 19 heavy (non-hydrogen) atoms. The van der Waals surface area contributed by atoms with Gasteiger partial charge in [-0.2, -0.15) is 0 Å². The lowest BCUT2D eigenvalue weighted by Crippen LogP contribution is -2.23. The van der Waals surface area contributed by atoms with Gasteiger partial charge in [0.15, 0.2) is 0 Å². The van der Waals surface area contributed by atoms with E-state index in [2.05, 4.69) is 31.3 Å². The molecule has 102 valence electrons. The van der Waals surface area contributed by atoms with Crippen molar-refractivity contribution in [2.75, 3.05) is 5.32 Å². The van der Waals surface area contributed by atoms with Gasteiger partial charge in [-0.15, -0.1) is 0 Å². The fourth-order valence-electron chi connectivity index (χ4n) is 2.44. The van der Waals surface area contributed by atoms with Gasteiger partial charge in [-0.3, -0.25) is 0 Å². The second-order valence-electron chi connectivity index (χ2n) is 5.50. The Kier molecular flexibility index (Phi) is 4.25. The molecular formula is C16H21NO2. The topological polar surface area (TPSA) is 49.3 Å². The number of allylic oxidation sites excluding steroid dienone is 1. The average Bonchev–Trinajstić information content (AvgIpc) is 2.40. The Hall–Kier alpha value is -1.77. The lowest BCUT2D eigenvalue weighted by Gasteiger charge is -2.26. The first-order valence-corrected chi connectivity index (χ1v) is 6.84. The maximum Gasteiger partial charge on any atom is 0.335 e. The number of anilines is 1. The van der Waals surface area contributed by atoms with Crippen molar-refractivity contribution in [2.45, 2.75) is 32.7 Å². The maximum atomic E-state index is 10.8. The number of carbonyl (C=O) groups is 1. The zero-order valence-corrected chi connectivity index (χ0v) is 11.5. The molecular weight excluding hydrogens is 238 g/mol. The van der Waals surface area contributed by atoms with Crippen molar-refractivity contribution in [1.29, 1.82) is 0 Å². The van der Waals surface area contributed by atoms with Crippen LogP contribution in [0.2, 0.25) is 0 Å². The van der Waals surface area contributed by atoms with Crippen molar-refractivity contribution in [1.82, 2.24) is 0 Å². The van der Waals surface area contributed by atoms with Gasteiger partial charge in [0.2, 0.25) is 0 Å². The van der Waals surface area contributed by atoms with Gasteiger partial charge < -0.3 is 10.4 Å². The number of carboxylic acid groups (broad SMARTS) is 1. The van der Waals surface area contributed by atoms with E-state index in [0.29, 0.717) is 23.4 Å².